The van der Waals surface area contributed by atoms with E-state index in [0.29, 0.717) is 11.9 Å². The van der Waals surface area contributed by atoms with Gasteiger partial charge in [0.05, 0.1) is 5.69 Å². The maximum absolute atomic E-state index is 5.86. The summed E-state index contributed by atoms with van der Waals surface area (Å²) in [5, 5.41) is 3.57. The second-order valence-electron chi connectivity index (χ2n) is 5.54. The van der Waals surface area contributed by atoms with Crippen molar-refractivity contribution in [2.24, 2.45) is 5.41 Å². The molecule has 0 fully saturated rings. The molecule has 17 heavy (non-hydrogen) atoms. The summed E-state index contributed by atoms with van der Waals surface area (Å²) in [6, 6.07) is 4.48. The summed E-state index contributed by atoms with van der Waals surface area (Å²) in [5.41, 5.74) is 2.58. The minimum absolute atomic E-state index is 0.220. The van der Waals surface area contributed by atoms with Crippen LogP contribution >= 0.6 is 11.6 Å². The van der Waals surface area contributed by atoms with Gasteiger partial charge in [-0.1, -0.05) is 26.8 Å². The van der Waals surface area contributed by atoms with Crippen LogP contribution in [-0.4, -0.2) is 16.9 Å². The second kappa shape index (κ2) is 6.36. The molecule has 1 rings (SSSR count). The number of pyridine rings is 1. The molecule has 0 aliphatic rings. The van der Waals surface area contributed by atoms with Crippen LogP contribution in [0, 0.1) is 12.3 Å². The van der Waals surface area contributed by atoms with Gasteiger partial charge in [0, 0.05) is 24.7 Å². The van der Waals surface area contributed by atoms with E-state index >= 15 is 0 Å². The molecular formula is C14H23ClN2. The molecule has 1 N–H and O–H groups in total. The van der Waals surface area contributed by atoms with Crippen molar-refractivity contribution in [1.29, 1.82) is 0 Å². The summed E-state index contributed by atoms with van der Waals surface area (Å²) < 4.78 is 0. The monoisotopic (exact) mass is 254 g/mol. The molecule has 1 atom stereocenters. The van der Waals surface area contributed by atoms with Gasteiger partial charge in [-0.2, -0.15) is 0 Å². The number of nitrogens with one attached hydrogen (secondary N) is 1. The van der Waals surface area contributed by atoms with E-state index in [-0.39, 0.29) is 5.41 Å². The molecule has 0 saturated heterocycles. The minimum Gasteiger partial charge on any atom is -0.308 e. The maximum Gasteiger partial charge on any atom is 0.0570 e. The van der Waals surface area contributed by atoms with Gasteiger partial charge in [-0.05, 0) is 30.4 Å². The van der Waals surface area contributed by atoms with Gasteiger partial charge in [0.25, 0.3) is 0 Å². The Morgan fingerprint density at radius 3 is 2.65 bits per heavy atom. The molecule has 1 aromatic heterocycles. The fraction of sp³-hybridized carbons (Fsp3) is 0.643. The number of halogens is 1. The van der Waals surface area contributed by atoms with Gasteiger partial charge < -0.3 is 5.32 Å². The van der Waals surface area contributed by atoms with E-state index in [9.17, 15) is 0 Å². The Balaban J connectivity index is 2.61. The third kappa shape index (κ3) is 4.64. The first-order valence-electron chi connectivity index (χ1n) is 6.15. The molecule has 0 saturated carbocycles. The first-order valence-corrected chi connectivity index (χ1v) is 6.68. The SMILES string of the molecule is Cc1cccnc1CNC(CCCl)C(C)(C)C. The Hall–Kier alpha value is -0.600. The molecule has 0 aliphatic heterocycles. The summed E-state index contributed by atoms with van der Waals surface area (Å²) in [7, 11) is 0. The molecule has 96 valence electrons. The highest BCUT2D eigenvalue weighted by atomic mass is 35.5. The molecular weight excluding hydrogens is 232 g/mol. The summed E-state index contributed by atoms with van der Waals surface area (Å²) in [6.07, 6.45) is 2.83. The molecule has 1 heterocycles. The van der Waals surface area contributed by atoms with Crippen molar-refractivity contribution in [1.82, 2.24) is 10.3 Å². The van der Waals surface area contributed by atoms with Crippen molar-refractivity contribution >= 4 is 11.6 Å². The standard InChI is InChI=1S/C14H23ClN2/c1-11-6-5-9-16-12(11)10-17-13(7-8-15)14(2,3)4/h5-6,9,13,17H,7-8,10H2,1-4H3. The van der Waals surface area contributed by atoms with Crippen molar-refractivity contribution in [3.05, 3.63) is 29.6 Å². The Morgan fingerprint density at radius 1 is 1.41 bits per heavy atom. The normalized spacial score (nSPS) is 13.7. The summed E-state index contributed by atoms with van der Waals surface area (Å²) in [6.45, 7) is 9.62. The van der Waals surface area contributed by atoms with E-state index in [4.69, 9.17) is 11.6 Å². The zero-order valence-electron chi connectivity index (χ0n) is 11.3. The highest BCUT2D eigenvalue weighted by Crippen LogP contribution is 2.22. The molecule has 1 aromatic rings. The highest BCUT2D eigenvalue weighted by molar-refractivity contribution is 6.17. The van der Waals surface area contributed by atoms with E-state index in [1.807, 2.05) is 12.3 Å². The number of aromatic nitrogens is 1. The topological polar surface area (TPSA) is 24.9 Å². The van der Waals surface area contributed by atoms with Crippen LogP contribution in [0.2, 0.25) is 0 Å². The number of hydrogen-bond acceptors (Lipinski definition) is 2. The van der Waals surface area contributed by atoms with E-state index < -0.39 is 0 Å². The Labute approximate surface area is 110 Å². The summed E-state index contributed by atoms with van der Waals surface area (Å²) >= 11 is 5.86. The number of aryl methyl sites for hydroxylation is 1. The van der Waals surface area contributed by atoms with E-state index in [2.05, 4.69) is 44.1 Å². The van der Waals surface area contributed by atoms with Crippen LogP contribution < -0.4 is 5.32 Å². The lowest BCUT2D eigenvalue weighted by Gasteiger charge is -2.31. The zero-order chi connectivity index (χ0) is 12.9. The lowest BCUT2D eigenvalue weighted by molar-refractivity contribution is 0.260. The molecule has 2 nitrogen and oxygen atoms in total. The molecule has 0 amide bonds. The first-order chi connectivity index (χ1) is 7.95. The first kappa shape index (κ1) is 14.5. The predicted octanol–water partition coefficient (Wildman–Crippen LogP) is 3.52. The fourth-order valence-corrected chi connectivity index (χ4v) is 2.09. The van der Waals surface area contributed by atoms with Gasteiger partial charge in [-0.15, -0.1) is 11.6 Å². The van der Waals surface area contributed by atoms with Crippen molar-refractivity contribution in [3.63, 3.8) is 0 Å². The Bertz CT molecular complexity index is 344. The lowest BCUT2D eigenvalue weighted by atomic mass is 9.85. The van der Waals surface area contributed by atoms with Crippen LogP contribution in [0.3, 0.4) is 0 Å². The van der Waals surface area contributed by atoms with Crippen LogP contribution in [-0.2, 0) is 6.54 Å². The molecule has 1 unspecified atom stereocenters. The zero-order valence-corrected chi connectivity index (χ0v) is 12.0. The largest absolute Gasteiger partial charge is 0.308 e. The molecule has 3 heteroatoms. The number of nitrogens with zero attached hydrogens (tertiary/aromatic N) is 1. The van der Waals surface area contributed by atoms with Crippen molar-refractivity contribution in [2.45, 2.75) is 46.7 Å². The smallest absolute Gasteiger partial charge is 0.0570 e. The average Bonchev–Trinajstić information content (AvgIpc) is 2.24. The molecule has 0 aliphatic carbocycles. The third-order valence-electron chi connectivity index (χ3n) is 3.08. The predicted molar refractivity (Wildman–Crippen MR) is 74.4 cm³/mol. The maximum atomic E-state index is 5.86. The van der Waals surface area contributed by atoms with Crippen molar-refractivity contribution in [3.8, 4) is 0 Å². The van der Waals surface area contributed by atoms with Gasteiger partial charge in [0.15, 0.2) is 0 Å². The Kier molecular flexibility index (Phi) is 5.41. The Morgan fingerprint density at radius 2 is 2.12 bits per heavy atom. The number of alkyl halides is 1. The molecule has 0 spiro atoms. The summed E-state index contributed by atoms with van der Waals surface area (Å²) in [5.74, 6) is 0.691. The number of hydrogen-bond donors (Lipinski definition) is 1. The van der Waals surface area contributed by atoms with Gasteiger partial charge in [-0.3, -0.25) is 4.98 Å². The number of rotatable bonds is 5. The third-order valence-corrected chi connectivity index (χ3v) is 3.30. The van der Waals surface area contributed by atoms with Crippen LogP contribution in [0.4, 0.5) is 0 Å². The average molecular weight is 255 g/mol. The second-order valence-corrected chi connectivity index (χ2v) is 5.92. The van der Waals surface area contributed by atoms with Crippen molar-refractivity contribution in [2.75, 3.05) is 5.88 Å². The summed E-state index contributed by atoms with van der Waals surface area (Å²) in [4.78, 5) is 4.40. The highest BCUT2D eigenvalue weighted by Gasteiger charge is 2.23. The quantitative estimate of drug-likeness (QED) is 0.814. The van der Waals surface area contributed by atoms with Gasteiger partial charge in [0.1, 0.15) is 0 Å². The van der Waals surface area contributed by atoms with Crippen LogP contribution in [0.25, 0.3) is 0 Å². The minimum atomic E-state index is 0.220. The van der Waals surface area contributed by atoms with E-state index in [0.717, 1.165) is 18.7 Å². The van der Waals surface area contributed by atoms with Crippen LogP contribution in [0.15, 0.2) is 18.3 Å². The molecule has 0 bridgehead atoms. The fourth-order valence-electron chi connectivity index (χ4n) is 1.87. The van der Waals surface area contributed by atoms with Crippen molar-refractivity contribution < 1.29 is 0 Å². The lowest BCUT2D eigenvalue weighted by Crippen LogP contribution is -2.40. The van der Waals surface area contributed by atoms with Gasteiger partial charge in [0.2, 0.25) is 0 Å². The van der Waals surface area contributed by atoms with E-state index in [1.165, 1.54) is 5.56 Å². The molecule has 0 radical (unpaired) electrons. The van der Waals surface area contributed by atoms with Crippen LogP contribution in [0.5, 0.6) is 0 Å². The van der Waals surface area contributed by atoms with Crippen LogP contribution in [0.1, 0.15) is 38.4 Å². The van der Waals surface area contributed by atoms with Gasteiger partial charge in [-0.25, -0.2) is 0 Å². The molecule has 0 aromatic carbocycles. The van der Waals surface area contributed by atoms with E-state index in [1.54, 1.807) is 0 Å². The van der Waals surface area contributed by atoms with Gasteiger partial charge >= 0.3 is 0 Å².